The highest BCUT2D eigenvalue weighted by Gasteiger charge is 2.57. The second kappa shape index (κ2) is 13.4. The molecule has 9 atom stereocenters. The zero-order chi connectivity index (χ0) is 32.7. The number of rotatable bonds is 10. The van der Waals surface area contributed by atoms with Crippen molar-refractivity contribution in [1.29, 1.82) is 0 Å². The molecule has 0 unspecified atom stereocenters. The number of hydrogen-bond donors (Lipinski definition) is 4. The first-order valence-corrected chi connectivity index (χ1v) is 17.2. The molecule has 0 aromatic heterocycles. The van der Waals surface area contributed by atoms with Gasteiger partial charge in [-0.05, 0) is 104 Å². The van der Waals surface area contributed by atoms with Gasteiger partial charge in [0.25, 0.3) is 5.91 Å². The van der Waals surface area contributed by atoms with Crippen molar-refractivity contribution < 1.29 is 24.6 Å². The third-order valence-electron chi connectivity index (χ3n) is 12.0. The van der Waals surface area contributed by atoms with Crippen molar-refractivity contribution in [1.82, 2.24) is 20.6 Å². The number of aliphatic hydroxyl groups is 2. The van der Waals surface area contributed by atoms with Crippen LogP contribution >= 0.6 is 0 Å². The SMILES string of the molecule is C[C@@H]1[C@@H](NC(=O)[C@@H]2[C@H]([C@H](C)O)[C@H](CO)ON2Cc2cccc(-c3cccc(C(=O)NC[C@@H]4CCCN4C)c3)c2)C[C@H]2C[C@@H]1C2(C)C. The van der Waals surface area contributed by atoms with Crippen LogP contribution in [0.25, 0.3) is 11.1 Å². The Balaban J connectivity index is 1.17. The van der Waals surface area contributed by atoms with Gasteiger partial charge in [0.05, 0.1) is 19.3 Å². The lowest BCUT2D eigenvalue weighted by molar-refractivity contribution is -0.183. The van der Waals surface area contributed by atoms with E-state index in [0.717, 1.165) is 42.5 Å². The smallest absolute Gasteiger partial charge is 0.251 e. The molecule has 7 rings (SSSR count). The molecule has 3 aliphatic carbocycles. The molecule has 5 fully saturated rings. The van der Waals surface area contributed by atoms with Crippen LogP contribution in [0.3, 0.4) is 0 Å². The fraction of sp³-hybridized carbons (Fsp3) is 0.622. The van der Waals surface area contributed by atoms with Gasteiger partial charge in [-0.15, -0.1) is 0 Å². The topological polar surface area (TPSA) is 114 Å². The lowest BCUT2D eigenvalue weighted by Crippen LogP contribution is -2.62. The molecule has 9 nitrogen and oxygen atoms in total. The Hall–Kier alpha value is -2.82. The summed E-state index contributed by atoms with van der Waals surface area (Å²) in [4.78, 5) is 35.5. The number of nitrogens with one attached hydrogen (secondary N) is 2. The summed E-state index contributed by atoms with van der Waals surface area (Å²) in [6, 6.07) is 15.4. The number of benzene rings is 2. The Morgan fingerprint density at radius 1 is 1.11 bits per heavy atom. The van der Waals surface area contributed by atoms with Gasteiger partial charge < -0.3 is 25.7 Å². The van der Waals surface area contributed by atoms with Gasteiger partial charge in [0.2, 0.25) is 5.91 Å². The van der Waals surface area contributed by atoms with Gasteiger partial charge in [-0.25, -0.2) is 0 Å². The van der Waals surface area contributed by atoms with E-state index in [-0.39, 0.29) is 24.5 Å². The average Bonchev–Trinajstić information content (AvgIpc) is 3.63. The predicted octanol–water partition coefficient (Wildman–Crippen LogP) is 3.84. The summed E-state index contributed by atoms with van der Waals surface area (Å²) in [7, 11) is 2.10. The van der Waals surface area contributed by atoms with Crippen molar-refractivity contribution >= 4 is 11.8 Å². The molecule has 2 aliphatic heterocycles. The number of amides is 2. The van der Waals surface area contributed by atoms with Crippen LogP contribution in [0.1, 0.15) is 69.3 Å². The number of likely N-dealkylation sites (N-methyl/N-ethyl adjacent to an activating group) is 1. The number of carbonyl (C=O) groups excluding carboxylic acids is 2. The van der Waals surface area contributed by atoms with E-state index < -0.39 is 24.2 Å². The highest BCUT2D eigenvalue weighted by molar-refractivity contribution is 5.95. The molecule has 3 saturated carbocycles. The maximum atomic E-state index is 14.0. The van der Waals surface area contributed by atoms with Gasteiger partial charge in [-0.2, -0.15) is 5.06 Å². The maximum absolute atomic E-state index is 14.0. The van der Waals surface area contributed by atoms with Crippen LogP contribution in [0, 0.1) is 29.1 Å². The summed E-state index contributed by atoms with van der Waals surface area (Å²) in [6.45, 7) is 10.3. The molecular formula is C37H52N4O5. The van der Waals surface area contributed by atoms with Crippen molar-refractivity contribution in [2.75, 3.05) is 26.7 Å². The van der Waals surface area contributed by atoms with E-state index in [1.54, 1.807) is 12.0 Å². The van der Waals surface area contributed by atoms with Crippen LogP contribution in [0.2, 0.25) is 0 Å². The van der Waals surface area contributed by atoms with Gasteiger partial charge in [-0.1, -0.05) is 51.1 Å². The second-order valence-corrected chi connectivity index (χ2v) is 15.0. The summed E-state index contributed by atoms with van der Waals surface area (Å²) in [6.07, 6.45) is 2.92. The first kappa shape index (κ1) is 33.1. The Labute approximate surface area is 273 Å². The molecule has 5 aliphatic rings. The van der Waals surface area contributed by atoms with Gasteiger partial charge >= 0.3 is 0 Å². The van der Waals surface area contributed by atoms with E-state index in [2.05, 4.69) is 43.4 Å². The van der Waals surface area contributed by atoms with E-state index >= 15 is 0 Å². The lowest BCUT2D eigenvalue weighted by atomic mass is 9.45. The van der Waals surface area contributed by atoms with Crippen LogP contribution < -0.4 is 10.6 Å². The van der Waals surface area contributed by atoms with Crippen LogP contribution in [0.5, 0.6) is 0 Å². The molecule has 4 N–H and O–H groups in total. The van der Waals surface area contributed by atoms with Gasteiger partial charge in [-0.3, -0.25) is 14.4 Å². The molecule has 2 saturated heterocycles. The summed E-state index contributed by atoms with van der Waals surface area (Å²) in [5.41, 5.74) is 3.73. The number of likely N-dealkylation sites (tertiary alicyclic amines) is 1. The van der Waals surface area contributed by atoms with E-state index in [9.17, 15) is 19.8 Å². The Kier molecular flexibility index (Phi) is 9.61. The number of carbonyl (C=O) groups is 2. The second-order valence-electron chi connectivity index (χ2n) is 15.0. The molecule has 0 radical (unpaired) electrons. The molecule has 2 amide bonds. The average molecular weight is 633 g/mol. The van der Waals surface area contributed by atoms with Gasteiger partial charge in [0.15, 0.2) is 0 Å². The zero-order valence-electron chi connectivity index (χ0n) is 28.0. The van der Waals surface area contributed by atoms with Crippen molar-refractivity contribution in [3.05, 3.63) is 59.7 Å². The zero-order valence-corrected chi connectivity index (χ0v) is 28.0. The van der Waals surface area contributed by atoms with E-state index in [1.165, 1.54) is 6.42 Å². The van der Waals surface area contributed by atoms with E-state index in [4.69, 9.17) is 4.84 Å². The minimum atomic E-state index is -0.844. The van der Waals surface area contributed by atoms with Crippen molar-refractivity contribution in [3.63, 3.8) is 0 Å². The Morgan fingerprint density at radius 2 is 1.85 bits per heavy atom. The van der Waals surface area contributed by atoms with Crippen LogP contribution in [-0.4, -0.2) is 89.1 Å². The number of nitrogens with zero attached hydrogens (tertiary/aromatic N) is 2. The van der Waals surface area contributed by atoms with E-state index in [1.807, 2.05) is 48.5 Å². The predicted molar refractivity (Wildman–Crippen MR) is 177 cm³/mol. The lowest BCUT2D eigenvalue weighted by Gasteiger charge is -2.62. The molecule has 9 heteroatoms. The summed E-state index contributed by atoms with van der Waals surface area (Å²) >= 11 is 0. The van der Waals surface area contributed by atoms with Crippen LogP contribution in [0.4, 0.5) is 0 Å². The Bertz CT molecular complexity index is 1410. The standard InChI is InChI=1S/C37H52N4O5/c1-22-30-17-28(37(30,3)4)18-31(22)39-36(45)34-33(23(2)43)32(21-42)46-41(34)20-24-9-6-10-25(15-24)26-11-7-12-27(16-26)35(44)38-19-29-13-8-14-40(29)5/h6-7,9-12,15-16,22-23,28-34,42-43H,8,13-14,17-21H2,1-5H3,(H,38,44)(H,39,45)/t22-,23-,28+,29-,30-,31-,32-,33+,34-/m0/s1. The summed E-state index contributed by atoms with van der Waals surface area (Å²) in [5, 5.41) is 29.1. The monoisotopic (exact) mass is 632 g/mol. The summed E-state index contributed by atoms with van der Waals surface area (Å²) < 4.78 is 0. The van der Waals surface area contributed by atoms with Crippen molar-refractivity contribution in [2.24, 2.45) is 29.1 Å². The molecule has 46 heavy (non-hydrogen) atoms. The highest BCUT2D eigenvalue weighted by Crippen LogP contribution is 2.61. The third-order valence-corrected chi connectivity index (χ3v) is 12.0. The van der Waals surface area contributed by atoms with Crippen LogP contribution in [0.15, 0.2) is 48.5 Å². The Morgan fingerprint density at radius 3 is 2.50 bits per heavy atom. The highest BCUT2D eigenvalue weighted by atomic mass is 16.7. The first-order valence-electron chi connectivity index (χ1n) is 17.2. The van der Waals surface area contributed by atoms with Crippen LogP contribution in [-0.2, 0) is 16.2 Å². The van der Waals surface area contributed by atoms with E-state index in [0.29, 0.717) is 47.9 Å². The number of hydroxylamine groups is 2. The summed E-state index contributed by atoms with van der Waals surface area (Å²) in [5.74, 6) is 0.760. The molecule has 0 spiro atoms. The maximum Gasteiger partial charge on any atom is 0.251 e. The molecule has 2 aromatic carbocycles. The fourth-order valence-electron chi connectivity index (χ4n) is 8.90. The molecule has 2 bridgehead atoms. The largest absolute Gasteiger partial charge is 0.394 e. The minimum Gasteiger partial charge on any atom is -0.394 e. The molecule has 250 valence electrons. The normalized spacial score (nSPS) is 32.9. The number of aliphatic hydroxyl groups excluding tert-OH is 2. The minimum absolute atomic E-state index is 0.0787. The van der Waals surface area contributed by atoms with Crippen molar-refractivity contribution in [3.8, 4) is 11.1 Å². The third kappa shape index (κ3) is 6.37. The molecular weight excluding hydrogens is 580 g/mol. The number of fused-ring (bicyclic) bond motifs is 2. The van der Waals surface area contributed by atoms with Gasteiger partial charge in [0.1, 0.15) is 12.1 Å². The number of hydrogen-bond acceptors (Lipinski definition) is 7. The quantitative estimate of drug-likeness (QED) is 0.315. The first-order chi connectivity index (χ1) is 22.0. The molecule has 2 aromatic rings. The molecule has 2 heterocycles. The van der Waals surface area contributed by atoms with Crippen molar-refractivity contribution in [2.45, 2.75) is 90.3 Å². The van der Waals surface area contributed by atoms with Gasteiger partial charge in [0, 0.05) is 30.1 Å². The fourth-order valence-corrected chi connectivity index (χ4v) is 8.90.